The first-order valence-corrected chi connectivity index (χ1v) is 4.23. The minimum atomic E-state index is -3.50. The van der Waals surface area contributed by atoms with Gasteiger partial charge in [0, 0.05) is 0 Å². The molecular weight excluding hydrogens is 189 g/mol. The Kier molecular flexibility index (Phi) is 5.04. The van der Waals surface area contributed by atoms with Crippen LogP contribution in [0.2, 0.25) is 0 Å². The van der Waals surface area contributed by atoms with Crippen molar-refractivity contribution in [3.63, 3.8) is 0 Å². The molecule has 1 aromatic rings. The van der Waals surface area contributed by atoms with Crippen molar-refractivity contribution in [2.75, 3.05) is 0 Å². The fourth-order valence-electron chi connectivity index (χ4n) is 0.610. The molecule has 1 aromatic carbocycles. The number of benzene rings is 1. The molecular formula is C6H7KNO2S+. The predicted octanol–water partition coefficient (Wildman–Crippen LogP) is -2.66. The molecule has 2 N–H and O–H groups in total. The van der Waals surface area contributed by atoms with Crippen molar-refractivity contribution in [1.82, 2.24) is 0 Å². The fourth-order valence-corrected chi connectivity index (χ4v) is 1.15. The van der Waals surface area contributed by atoms with E-state index in [9.17, 15) is 8.42 Å². The number of rotatable bonds is 1. The van der Waals surface area contributed by atoms with Crippen molar-refractivity contribution < 1.29 is 59.8 Å². The molecule has 54 valence electrons. The van der Waals surface area contributed by atoms with Crippen LogP contribution in [0.15, 0.2) is 35.2 Å². The van der Waals surface area contributed by atoms with Crippen LogP contribution in [0, 0.1) is 0 Å². The molecule has 0 aliphatic carbocycles. The van der Waals surface area contributed by atoms with Gasteiger partial charge in [-0.25, -0.2) is 13.6 Å². The van der Waals surface area contributed by atoms with Crippen molar-refractivity contribution in [3.8, 4) is 0 Å². The Morgan fingerprint density at radius 1 is 1.09 bits per heavy atom. The second-order valence-corrected chi connectivity index (χ2v) is 3.42. The monoisotopic (exact) mass is 196 g/mol. The van der Waals surface area contributed by atoms with Gasteiger partial charge in [0.1, 0.15) is 0 Å². The van der Waals surface area contributed by atoms with Crippen LogP contribution in [0.25, 0.3) is 0 Å². The van der Waals surface area contributed by atoms with Gasteiger partial charge >= 0.3 is 51.4 Å². The van der Waals surface area contributed by atoms with Crippen molar-refractivity contribution >= 4 is 10.0 Å². The molecule has 3 nitrogen and oxygen atoms in total. The molecule has 0 saturated carbocycles. The van der Waals surface area contributed by atoms with Crippen LogP contribution in [0.4, 0.5) is 0 Å². The second-order valence-electron chi connectivity index (χ2n) is 1.86. The van der Waals surface area contributed by atoms with E-state index in [0.717, 1.165) is 0 Å². The van der Waals surface area contributed by atoms with Gasteiger partial charge in [-0.2, -0.15) is 0 Å². The zero-order chi connectivity index (χ0) is 7.61. The van der Waals surface area contributed by atoms with E-state index < -0.39 is 10.0 Å². The Bertz CT molecular complexity index is 309. The van der Waals surface area contributed by atoms with Crippen LogP contribution in [0.1, 0.15) is 0 Å². The van der Waals surface area contributed by atoms with Gasteiger partial charge in [-0.15, -0.1) is 0 Å². The summed E-state index contributed by atoms with van der Waals surface area (Å²) in [6, 6.07) is 7.89. The number of hydrogen-bond acceptors (Lipinski definition) is 2. The molecule has 0 saturated heterocycles. The summed E-state index contributed by atoms with van der Waals surface area (Å²) in [7, 11) is -3.50. The summed E-state index contributed by atoms with van der Waals surface area (Å²) in [5, 5.41) is 4.83. The summed E-state index contributed by atoms with van der Waals surface area (Å²) >= 11 is 0. The maximum absolute atomic E-state index is 10.6. The van der Waals surface area contributed by atoms with Gasteiger partial charge < -0.3 is 0 Å². The SMILES string of the molecule is NS(=O)(=O)c1ccccc1.[K+]. The Labute approximate surface area is 108 Å². The molecule has 0 bridgehead atoms. The van der Waals surface area contributed by atoms with E-state index in [1.807, 2.05) is 0 Å². The summed E-state index contributed by atoms with van der Waals surface area (Å²) < 4.78 is 21.2. The van der Waals surface area contributed by atoms with Crippen molar-refractivity contribution in [1.29, 1.82) is 0 Å². The molecule has 11 heavy (non-hydrogen) atoms. The number of hydrogen-bond donors (Lipinski definition) is 1. The molecule has 1 rings (SSSR count). The molecule has 0 aliphatic rings. The molecule has 0 atom stereocenters. The first-order valence-electron chi connectivity index (χ1n) is 2.68. The minimum Gasteiger partial charge on any atom is -0.225 e. The second kappa shape index (κ2) is 4.71. The first kappa shape index (κ1) is 11.8. The summed E-state index contributed by atoms with van der Waals surface area (Å²) in [6.45, 7) is 0. The summed E-state index contributed by atoms with van der Waals surface area (Å²) in [5.74, 6) is 0. The maximum atomic E-state index is 10.6. The third-order valence-electron chi connectivity index (χ3n) is 1.07. The Morgan fingerprint density at radius 3 is 1.82 bits per heavy atom. The average molecular weight is 196 g/mol. The topological polar surface area (TPSA) is 60.2 Å². The Balaban J connectivity index is 0.000001000. The smallest absolute Gasteiger partial charge is 0.225 e. The maximum Gasteiger partial charge on any atom is 1.00 e. The average Bonchev–Trinajstić information content (AvgIpc) is 1.88. The Hall–Kier alpha value is 0.766. The number of primary sulfonamides is 1. The third kappa shape index (κ3) is 3.79. The van der Waals surface area contributed by atoms with Gasteiger partial charge in [0.05, 0.1) is 4.90 Å². The summed E-state index contributed by atoms with van der Waals surface area (Å²) in [4.78, 5) is 0.148. The number of nitrogens with two attached hydrogens (primary N) is 1. The molecule has 0 heterocycles. The van der Waals surface area contributed by atoms with Crippen LogP contribution in [0.5, 0.6) is 0 Å². The molecule has 0 aromatic heterocycles. The van der Waals surface area contributed by atoms with Crippen LogP contribution < -0.4 is 56.5 Å². The first-order chi connectivity index (χ1) is 4.61. The van der Waals surface area contributed by atoms with Crippen molar-refractivity contribution in [3.05, 3.63) is 30.3 Å². The third-order valence-corrected chi connectivity index (χ3v) is 2.00. The Morgan fingerprint density at radius 2 is 1.55 bits per heavy atom. The summed E-state index contributed by atoms with van der Waals surface area (Å²) in [5.41, 5.74) is 0. The van der Waals surface area contributed by atoms with Gasteiger partial charge in [0.15, 0.2) is 0 Å². The molecule has 0 radical (unpaired) electrons. The zero-order valence-corrected chi connectivity index (χ0v) is 10.1. The summed E-state index contributed by atoms with van der Waals surface area (Å²) in [6.07, 6.45) is 0. The van der Waals surface area contributed by atoms with Crippen LogP contribution in [0.3, 0.4) is 0 Å². The molecule has 0 unspecified atom stereocenters. The van der Waals surface area contributed by atoms with E-state index >= 15 is 0 Å². The van der Waals surface area contributed by atoms with E-state index in [1.165, 1.54) is 12.1 Å². The van der Waals surface area contributed by atoms with Gasteiger partial charge in [0.25, 0.3) is 0 Å². The van der Waals surface area contributed by atoms with Crippen LogP contribution >= 0.6 is 0 Å². The van der Waals surface area contributed by atoms with Crippen LogP contribution in [-0.2, 0) is 10.0 Å². The molecule has 0 spiro atoms. The molecule has 0 fully saturated rings. The zero-order valence-electron chi connectivity index (χ0n) is 6.19. The van der Waals surface area contributed by atoms with Gasteiger partial charge in [-0.05, 0) is 12.1 Å². The molecule has 5 heteroatoms. The minimum absolute atomic E-state index is 0. The standard InChI is InChI=1S/C6H7NO2S.K/c7-10(8,9)6-4-2-1-3-5-6;/h1-5H,(H2,7,8,9);/q;+1. The quantitative estimate of drug-likeness (QED) is 0.498. The number of sulfonamides is 1. The fraction of sp³-hybridized carbons (Fsp3) is 0. The van der Waals surface area contributed by atoms with Crippen molar-refractivity contribution in [2.24, 2.45) is 5.14 Å². The van der Waals surface area contributed by atoms with E-state index in [-0.39, 0.29) is 56.3 Å². The van der Waals surface area contributed by atoms with Gasteiger partial charge in [0.2, 0.25) is 10.0 Å². The largest absolute Gasteiger partial charge is 1.00 e. The van der Waals surface area contributed by atoms with E-state index in [0.29, 0.717) is 0 Å². The molecule has 0 aliphatic heterocycles. The molecule has 0 amide bonds. The normalized spacial score (nSPS) is 10.3. The van der Waals surface area contributed by atoms with Crippen LogP contribution in [-0.4, -0.2) is 8.42 Å². The van der Waals surface area contributed by atoms with Gasteiger partial charge in [-0.1, -0.05) is 18.2 Å². The van der Waals surface area contributed by atoms with E-state index in [2.05, 4.69) is 0 Å². The van der Waals surface area contributed by atoms with E-state index in [1.54, 1.807) is 18.2 Å². The predicted molar refractivity (Wildman–Crippen MR) is 37.8 cm³/mol. The van der Waals surface area contributed by atoms with E-state index in [4.69, 9.17) is 5.14 Å². The van der Waals surface area contributed by atoms with Crippen molar-refractivity contribution in [2.45, 2.75) is 4.90 Å². The van der Waals surface area contributed by atoms with Gasteiger partial charge in [-0.3, -0.25) is 0 Å².